The Morgan fingerprint density at radius 3 is 2.73 bits per heavy atom. The molecule has 0 saturated carbocycles. The number of alkyl halides is 1. The van der Waals surface area contributed by atoms with E-state index in [2.05, 4.69) is 0 Å². The first-order valence-electron chi connectivity index (χ1n) is 4.91. The highest BCUT2D eigenvalue weighted by Gasteiger charge is 2.41. The van der Waals surface area contributed by atoms with E-state index in [-0.39, 0.29) is 16.9 Å². The van der Waals surface area contributed by atoms with Crippen LogP contribution in [-0.2, 0) is 4.79 Å². The Morgan fingerprint density at radius 1 is 1.47 bits per heavy atom. The molecule has 2 aliphatic rings. The molecule has 0 spiro atoms. The summed E-state index contributed by atoms with van der Waals surface area (Å²) in [5.74, 6) is -0.0834. The molecule has 15 heavy (non-hydrogen) atoms. The average Bonchev–Trinajstić information content (AvgIpc) is 2.48. The highest BCUT2D eigenvalue weighted by Crippen LogP contribution is 2.27. The largest absolute Gasteiger partial charge is 0.303 e. The van der Waals surface area contributed by atoms with Gasteiger partial charge >= 0.3 is 0 Å². The SMILES string of the molecule is CN1CCC(N2C(=O)CSC2=O)C(F)C1. The lowest BCUT2D eigenvalue weighted by Gasteiger charge is -2.36. The van der Waals surface area contributed by atoms with Crippen molar-refractivity contribution in [3.63, 3.8) is 0 Å². The van der Waals surface area contributed by atoms with Crippen molar-refractivity contribution in [3.05, 3.63) is 0 Å². The van der Waals surface area contributed by atoms with Crippen LogP contribution in [0.1, 0.15) is 6.42 Å². The molecule has 0 radical (unpaired) electrons. The lowest BCUT2D eigenvalue weighted by atomic mass is 10.0. The van der Waals surface area contributed by atoms with Crippen LogP contribution in [-0.4, -0.2) is 59.0 Å². The van der Waals surface area contributed by atoms with Gasteiger partial charge < -0.3 is 4.90 Å². The Morgan fingerprint density at radius 2 is 2.20 bits per heavy atom. The first-order chi connectivity index (χ1) is 7.09. The summed E-state index contributed by atoms with van der Waals surface area (Å²) in [4.78, 5) is 25.8. The molecule has 0 aromatic heterocycles. The Balaban J connectivity index is 2.09. The summed E-state index contributed by atoms with van der Waals surface area (Å²) < 4.78 is 13.7. The second kappa shape index (κ2) is 4.09. The quantitative estimate of drug-likeness (QED) is 0.668. The number of hydrogen-bond donors (Lipinski definition) is 0. The van der Waals surface area contributed by atoms with Crippen LogP contribution in [0.4, 0.5) is 9.18 Å². The highest BCUT2D eigenvalue weighted by atomic mass is 32.2. The number of thioether (sulfide) groups is 1. The van der Waals surface area contributed by atoms with Crippen molar-refractivity contribution >= 4 is 22.9 Å². The lowest BCUT2D eigenvalue weighted by Crippen LogP contribution is -2.53. The van der Waals surface area contributed by atoms with Gasteiger partial charge in [-0.1, -0.05) is 11.8 Å². The number of likely N-dealkylation sites (tertiary alicyclic amines) is 1. The molecule has 84 valence electrons. The zero-order valence-corrected chi connectivity index (χ0v) is 9.30. The van der Waals surface area contributed by atoms with Crippen molar-refractivity contribution in [2.75, 3.05) is 25.9 Å². The summed E-state index contributed by atoms with van der Waals surface area (Å²) in [5, 5.41) is -0.294. The van der Waals surface area contributed by atoms with E-state index in [0.29, 0.717) is 13.0 Å². The van der Waals surface area contributed by atoms with Gasteiger partial charge in [-0.25, -0.2) is 4.39 Å². The second-order valence-electron chi connectivity index (χ2n) is 3.95. The number of hydrogen-bond acceptors (Lipinski definition) is 4. The minimum Gasteiger partial charge on any atom is -0.303 e. The molecule has 2 fully saturated rings. The molecule has 2 aliphatic heterocycles. The van der Waals surface area contributed by atoms with Gasteiger partial charge in [0.05, 0.1) is 11.8 Å². The molecule has 2 saturated heterocycles. The van der Waals surface area contributed by atoms with Gasteiger partial charge in [-0.3, -0.25) is 14.5 Å². The van der Waals surface area contributed by atoms with Gasteiger partial charge in [0.1, 0.15) is 6.17 Å². The van der Waals surface area contributed by atoms with Gasteiger partial charge in [0.2, 0.25) is 5.91 Å². The zero-order chi connectivity index (χ0) is 11.0. The molecular formula is C9H13FN2O2S. The van der Waals surface area contributed by atoms with Crippen LogP contribution in [0.25, 0.3) is 0 Å². The fourth-order valence-corrected chi connectivity index (χ4v) is 2.78. The predicted octanol–water partition coefficient (Wildman–Crippen LogP) is 0.724. The van der Waals surface area contributed by atoms with Gasteiger partial charge in [0.25, 0.3) is 5.24 Å². The first-order valence-corrected chi connectivity index (χ1v) is 5.89. The minimum absolute atomic E-state index is 0.165. The molecule has 0 aromatic rings. The Hall–Kier alpha value is -0.620. The number of amides is 2. The second-order valence-corrected chi connectivity index (χ2v) is 4.88. The number of piperidine rings is 1. The molecule has 2 unspecified atom stereocenters. The fourth-order valence-electron chi connectivity index (χ4n) is 2.02. The van der Waals surface area contributed by atoms with Crippen LogP contribution in [0.3, 0.4) is 0 Å². The Labute approximate surface area is 91.8 Å². The summed E-state index contributed by atoms with van der Waals surface area (Å²) in [6, 6.07) is -0.545. The van der Waals surface area contributed by atoms with Gasteiger partial charge in [0.15, 0.2) is 0 Å². The zero-order valence-electron chi connectivity index (χ0n) is 8.48. The van der Waals surface area contributed by atoms with Crippen molar-refractivity contribution in [2.24, 2.45) is 0 Å². The van der Waals surface area contributed by atoms with Gasteiger partial charge in [-0.05, 0) is 13.5 Å². The van der Waals surface area contributed by atoms with E-state index in [1.807, 2.05) is 11.9 Å². The molecule has 2 atom stereocenters. The summed E-state index contributed by atoms with van der Waals surface area (Å²) in [7, 11) is 1.84. The van der Waals surface area contributed by atoms with Gasteiger partial charge in [-0.15, -0.1) is 0 Å². The Bertz CT molecular complexity index is 284. The average molecular weight is 232 g/mol. The summed E-state index contributed by atoms with van der Waals surface area (Å²) in [6.07, 6.45) is -0.578. The van der Waals surface area contributed by atoms with E-state index in [9.17, 15) is 14.0 Å². The number of carbonyl (C=O) groups is 2. The maximum atomic E-state index is 13.7. The van der Waals surface area contributed by atoms with E-state index in [1.54, 1.807) is 0 Å². The van der Waals surface area contributed by atoms with Crippen LogP contribution >= 0.6 is 11.8 Å². The van der Waals surface area contributed by atoms with Crippen molar-refractivity contribution in [3.8, 4) is 0 Å². The Kier molecular flexibility index (Phi) is 2.97. The maximum absolute atomic E-state index is 13.7. The van der Waals surface area contributed by atoms with E-state index >= 15 is 0 Å². The smallest absolute Gasteiger partial charge is 0.289 e. The topological polar surface area (TPSA) is 40.6 Å². The molecule has 2 heterocycles. The third-order valence-corrected chi connectivity index (χ3v) is 3.66. The molecule has 2 rings (SSSR count). The molecule has 2 amide bonds. The predicted molar refractivity (Wildman–Crippen MR) is 55.5 cm³/mol. The van der Waals surface area contributed by atoms with Crippen LogP contribution in [0, 0.1) is 0 Å². The van der Waals surface area contributed by atoms with E-state index in [1.165, 1.54) is 0 Å². The first kappa shape index (κ1) is 10.9. The third kappa shape index (κ3) is 2.01. The van der Waals surface area contributed by atoms with Crippen LogP contribution in [0.15, 0.2) is 0 Å². The summed E-state index contributed by atoms with van der Waals surface area (Å²) in [6.45, 7) is 1.03. The van der Waals surface area contributed by atoms with Gasteiger partial charge in [0, 0.05) is 13.1 Å². The number of rotatable bonds is 1. The molecule has 0 N–H and O–H groups in total. The summed E-state index contributed by atoms with van der Waals surface area (Å²) >= 11 is 0.967. The van der Waals surface area contributed by atoms with E-state index in [4.69, 9.17) is 0 Å². The van der Waals surface area contributed by atoms with Crippen molar-refractivity contribution in [2.45, 2.75) is 18.6 Å². The van der Waals surface area contributed by atoms with Crippen molar-refractivity contribution in [1.29, 1.82) is 0 Å². The van der Waals surface area contributed by atoms with Crippen LogP contribution < -0.4 is 0 Å². The maximum Gasteiger partial charge on any atom is 0.289 e. The molecular weight excluding hydrogens is 219 g/mol. The normalized spacial score (nSPS) is 33.9. The number of halogens is 1. The third-order valence-electron chi connectivity index (χ3n) is 2.83. The molecule has 0 bridgehead atoms. The highest BCUT2D eigenvalue weighted by molar-refractivity contribution is 8.14. The van der Waals surface area contributed by atoms with E-state index < -0.39 is 12.2 Å². The standard InChI is InChI=1S/C9H13FN2O2S/c1-11-3-2-7(6(10)4-11)12-8(13)5-15-9(12)14/h6-7H,2-5H2,1H3. The molecule has 0 aliphatic carbocycles. The molecule has 6 heteroatoms. The monoisotopic (exact) mass is 232 g/mol. The number of nitrogens with zero attached hydrogens (tertiary/aromatic N) is 2. The van der Waals surface area contributed by atoms with Gasteiger partial charge in [-0.2, -0.15) is 0 Å². The fraction of sp³-hybridized carbons (Fsp3) is 0.778. The van der Waals surface area contributed by atoms with Crippen molar-refractivity contribution in [1.82, 2.24) is 9.80 Å². The number of carbonyl (C=O) groups excluding carboxylic acids is 2. The molecule has 4 nitrogen and oxygen atoms in total. The van der Waals surface area contributed by atoms with Crippen LogP contribution in [0.2, 0.25) is 0 Å². The molecule has 0 aromatic carbocycles. The van der Waals surface area contributed by atoms with E-state index in [0.717, 1.165) is 23.2 Å². The minimum atomic E-state index is -1.12. The van der Waals surface area contributed by atoms with Crippen LogP contribution in [0.5, 0.6) is 0 Å². The summed E-state index contributed by atoms with van der Waals surface area (Å²) in [5.41, 5.74) is 0. The number of imide groups is 1. The van der Waals surface area contributed by atoms with Crippen molar-refractivity contribution < 1.29 is 14.0 Å². The lowest BCUT2D eigenvalue weighted by molar-refractivity contribution is -0.128.